The molecule has 0 radical (unpaired) electrons. The third-order valence-corrected chi connectivity index (χ3v) is 4.88. The third kappa shape index (κ3) is 3.34. The number of aryl methyl sites for hydroxylation is 1. The van der Waals surface area contributed by atoms with Gasteiger partial charge in [0.1, 0.15) is 5.84 Å². The summed E-state index contributed by atoms with van der Waals surface area (Å²) in [6.45, 7) is 5.93. The van der Waals surface area contributed by atoms with Gasteiger partial charge in [-0.15, -0.1) is 11.3 Å². The van der Waals surface area contributed by atoms with Crippen molar-refractivity contribution in [2.45, 2.75) is 13.3 Å². The number of piperazine rings is 1. The number of nitrogens with zero attached hydrogens (tertiary/aromatic N) is 1. The van der Waals surface area contributed by atoms with E-state index in [-0.39, 0.29) is 0 Å². The molecule has 1 aromatic carbocycles. The van der Waals surface area contributed by atoms with E-state index in [2.05, 4.69) is 47.5 Å². The summed E-state index contributed by atoms with van der Waals surface area (Å²) in [5, 5.41) is 11.9. The van der Waals surface area contributed by atoms with E-state index in [0.29, 0.717) is 5.84 Å². The van der Waals surface area contributed by atoms with Gasteiger partial charge in [0.05, 0.1) is 0 Å². The Labute approximate surface area is 130 Å². The number of benzene rings is 1. The molecule has 0 bridgehead atoms. The maximum absolute atomic E-state index is 8.55. The lowest BCUT2D eigenvalue weighted by Crippen LogP contribution is -2.46. The van der Waals surface area contributed by atoms with Crippen LogP contribution in [0.5, 0.6) is 0 Å². The fraction of sp³-hybridized carbons (Fsp3) is 0.353. The molecule has 1 aliphatic heterocycles. The highest BCUT2D eigenvalue weighted by atomic mass is 32.1. The van der Waals surface area contributed by atoms with E-state index >= 15 is 0 Å². The van der Waals surface area contributed by atoms with Crippen LogP contribution in [0.3, 0.4) is 0 Å². The lowest BCUT2D eigenvalue weighted by molar-refractivity contribution is 0.356. The summed E-state index contributed by atoms with van der Waals surface area (Å²) in [7, 11) is 0. The van der Waals surface area contributed by atoms with Gasteiger partial charge < -0.3 is 10.2 Å². The highest BCUT2D eigenvalue weighted by Crippen LogP contribution is 2.26. The maximum atomic E-state index is 8.55. The summed E-state index contributed by atoms with van der Waals surface area (Å²) in [5.74, 6) is 0.687. The molecule has 1 aliphatic rings. The van der Waals surface area contributed by atoms with Crippen LogP contribution in [-0.2, 0) is 6.42 Å². The molecule has 21 heavy (non-hydrogen) atoms. The lowest BCUT2D eigenvalue weighted by Gasteiger charge is -2.29. The van der Waals surface area contributed by atoms with E-state index in [1.807, 2.05) is 17.4 Å². The normalized spacial score (nSPS) is 15.2. The standard InChI is InChI=1S/C17H21N3S/c1-13-11-15(17(18)20-9-7-19-8-10-20)16(21-13)12-14-5-3-2-4-6-14/h2-6,11,18-19H,7-10,12H2,1H3. The Morgan fingerprint density at radius 2 is 1.95 bits per heavy atom. The minimum atomic E-state index is 0.687. The first-order valence-electron chi connectivity index (χ1n) is 7.42. The summed E-state index contributed by atoms with van der Waals surface area (Å²) in [4.78, 5) is 4.78. The van der Waals surface area contributed by atoms with Crippen LogP contribution in [0.1, 0.15) is 20.9 Å². The van der Waals surface area contributed by atoms with Gasteiger partial charge in [-0.1, -0.05) is 30.3 Å². The Kier molecular flexibility index (Phi) is 4.36. The molecular formula is C17H21N3S. The Hall–Kier alpha value is -1.65. The molecule has 0 atom stereocenters. The van der Waals surface area contributed by atoms with Crippen molar-refractivity contribution < 1.29 is 0 Å². The van der Waals surface area contributed by atoms with E-state index < -0.39 is 0 Å². The largest absolute Gasteiger partial charge is 0.354 e. The molecule has 3 nitrogen and oxygen atoms in total. The number of hydrogen-bond acceptors (Lipinski definition) is 3. The summed E-state index contributed by atoms with van der Waals surface area (Å²) in [5.41, 5.74) is 2.43. The Morgan fingerprint density at radius 3 is 2.67 bits per heavy atom. The number of thiophene rings is 1. The van der Waals surface area contributed by atoms with Crippen molar-refractivity contribution in [1.82, 2.24) is 10.2 Å². The average Bonchev–Trinajstić information content (AvgIpc) is 2.89. The molecule has 110 valence electrons. The van der Waals surface area contributed by atoms with Crippen molar-refractivity contribution >= 4 is 17.2 Å². The SMILES string of the molecule is Cc1cc(C(=N)N2CCNCC2)c(Cc2ccccc2)s1. The summed E-state index contributed by atoms with van der Waals surface area (Å²) < 4.78 is 0. The number of amidine groups is 1. The van der Waals surface area contributed by atoms with Crippen molar-refractivity contribution in [2.24, 2.45) is 0 Å². The molecule has 3 rings (SSSR count). The molecule has 1 aromatic heterocycles. The van der Waals surface area contributed by atoms with E-state index in [9.17, 15) is 0 Å². The van der Waals surface area contributed by atoms with Crippen molar-refractivity contribution in [3.8, 4) is 0 Å². The molecule has 2 N–H and O–H groups in total. The molecule has 4 heteroatoms. The predicted octanol–water partition coefficient (Wildman–Crippen LogP) is 2.88. The molecule has 0 unspecified atom stereocenters. The van der Waals surface area contributed by atoms with Crippen molar-refractivity contribution in [3.63, 3.8) is 0 Å². The molecular weight excluding hydrogens is 278 g/mol. The van der Waals surface area contributed by atoms with E-state index in [4.69, 9.17) is 5.41 Å². The van der Waals surface area contributed by atoms with Gasteiger partial charge in [-0.05, 0) is 18.6 Å². The average molecular weight is 299 g/mol. The predicted molar refractivity (Wildman–Crippen MR) is 89.6 cm³/mol. The number of hydrogen-bond donors (Lipinski definition) is 2. The summed E-state index contributed by atoms with van der Waals surface area (Å²) in [6, 6.07) is 12.7. The van der Waals surface area contributed by atoms with Gasteiger partial charge >= 0.3 is 0 Å². The van der Waals surface area contributed by atoms with Crippen LogP contribution < -0.4 is 5.32 Å². The highest BCUT2D eigenvalue weighted by molar-refractivity contribution is 7.12. The van der Waals surface area contributed by atoms with Crippen LogP contribution in [0.15, 0.2) is 36.4 Å². The highest BCUT2D eigenvalue weighted by Gasteiger charge is 2.19. The van der Waals surface area contributed by atoms with Gasteiger partial charge in [0.15, 0.2) is 0 Å². The molecule has 2 aromatic rings. The number of nitrogens with one attached hydrogen (secondary N) is 2. The molecule has 0 saturated carbocycles. The second-order valence-corrected chi connectivity index (χ2v) is 6.78. The van der Waals surface area contributed by atoms with E-state index in [1.165, 1.54) is 15.3 Å². The maximum Gasteiger partial charge on any atom is 0.129 e. The van der Waals surface area contributed by atoms with Gasteiger partial charge in [-0.2, -0.15) is 0 Å². The zero-order chi connectivity index (χ0) is 14.7. The monoisotopic (exact) mass is 299 g/mol. The molecule has 1 fully saturated rings. The fourth-order valence-electron chi connectivity index (χ4n) is 2.73. The van der Waals surface area contributed by atoms with Gasteiger partial charge in [0.2, 0.25) is 0 Å². The second kappa shape index (κ2) is 6.41. The van der Waals surface area contributed by atoms with Crippen LogP contribution >= 0.6 is 11.3 Å². The quantitative estimate of drug-likeness (QED) is 0.676. The first-order valence-corrected chi connectivity index (χ1v) is 8.23. The minimum Gasteiger partial charge on any atom is -0.354 e. The minimum absolute atomic E-state index is 0.687. The van der Waals surface area contributed by atoms with Crippen LogP contribution in [0, 0.1) is 12.3 Å². The Balaban J connectivity index is 1.83. The van der Waals surface area contributed by atoms with Gasteiger partial charge in [-0.25, -0.2) is 0 Å². The fourth-order valence-corrected chi connectivity index (χ4v) is 3.80. The van der Waals surface area contributed by atoms with Gasteiger partial charge in [-0.3, -0.25) is 5.41 Å². The van der Waals surface area contributed by atoms with E-state index in [0.717, 1.165) is 38.2 Å². The summed E-state index contributed by atoms with van der Waals surface area (Å²) in [6.07, 6.45) is 0.920. The van der Waals surface area contributed by atoms with Crippen LogP contribution in [-0.4, -0.2) is 36.9 Å². The molecule has 1 saturated heterocycles. The first kappa shape index (κ1) is 14.3. The van der Waals surface area contributed by atoms with Crippen molar-refractivity contribution in [3.05, 3.63) is 57.3 Å². The first-order chi connectivity index (χ1) is 10.2. The van der Waals surface area contributed by atoms with Crippen LogP contribution in [0.25, 0.3) is 0 Å². The Morgan fingerprint density at radius 1 is 1.24 bits per heavy atom. The van der Waals surface area contributed by atoms with Crippen molar-refractivity contribution in [2.75, 3.05) is 26.2 Å². The third-order valence-electron chi connectivity index (χ3n) is 3.83. The zero-order valence-electron chi connectivity index (χ0n) is 12.4. The molecule has 2 heterocycles. The van der Waals surface area contributed by atoms with Crippen LogP contribution in [0.2, 0.25) is 0 Å². The van der Waals surface area contributed by atoms with Crippen LogP contribution in [0.4, 0.5) is 0 Å². The number of rotatable bonds is 3. The zero-order valence-corrected chi connectivity index (χ0v) is 13.2. The van der Waals surface area contributed by atoms with E-state index in [1.54, 1.807) is 0 Å². The lowest BCUT2D eigenvalue weighted by atomic mass is 10.1. The second-order valence-electron chi connectivity index (χ2n) is 5.44. The van der Waals surface area contributed by atoms with Gasteiger partial charge in [0.25, 0.3) is 0 Å². The van der Waals surface area contributed by atoms with Gasteiger partial charge in [0, 0.05) is 47.9 Å². The Bertz CT molecular complexity index is 612. The van der Waals surface area contributed by atoms with Crippen molar-refractivity contribution in [1.29, 1.82) is 5.41 Å². The smallest absolute Gasteiger partial charge is 0.129 e. The molecule has 0 spiro atoms. The summed E-state index contributed by atoms with van der Waals surface area (Å²) >= 11 is 1.82. The topological polar surface area (TPSA) is 39.1 Å². The molecule has 0 amide bonds. The molecule has 0 aliphatic carbocycles.